The van der Waals surface area contributed by atoms with Crippen LogP contribution in [0.1, 0.15) is 16.1 Å². The van der Waals surface area contributed by atoms with Gasteiger partial charge in [-0.1, -0.05) is 0 Å². The molecule has 30 heavy (non-hydrogen) atoms. The Labute approximate surface area is 171 Å². The van der Waals surface area contributed by atoms with Crippen LogP contribution in [-0.4, -0.2) is 55.4 Å². The first-order valence-corrected chi connectivity index (χ1v) is 10.6. The number of aromatic nitrogens is 4. The summed E-state index contributed by atoms with van der Waals surface area (Å²) in [5.41, 5.74) is 13.9. The van der Waals surface area contributed by atoms with Crippen molar-refractivity contribution in [2.45, 2.75) is 6.54 Å². The molecular weight excluding hydrogens is 411 g/mol. The summed E-state index contributed by atoms with van der Waals surface area (Å²) in [7, 11) is -2.29. The molecule has 12 nitrogen and oxygen atoms in total. The summed E-state index contributed by atoms with van der Waals surface area (Å²) in [6.45, 7) is 0.310. The van der Waals surface area contributed by atoms with Crippen molar-refractivity contribution in [3.63, 3.8) is 0 Å². The Morgan fingerprint density at radius 1 is 1.17 bits per heavy atom. The SMILES string of the molecule is CN(Cc1cnc2nc(N)nc(N)c2n1)c1ccc(C(=O)NCCP(=O)(O)O)cc1. The van der Waals surface area contributed by atoms with Gasteiger partial charge in [-0.05, 0) is 24.3 Å². The zero-order valence-electron chi connectivity index (χ0n) is 16.1. The molecule has 0 aliphatic rings. The number of anilines is 3. The van der Waals surface area contributed by atoms with Gasteiger partial charge in [0.25, 0.3) is 5.91 Å². The van der Waals surface area contributed by atoms with Gasteiger partial charge in [0, 0.05) is 24.8 Å². The lowest BCUT2D eigenvalue weighted by atomic mass is 10.2. The number of amides is 1. The van der Waals surface area contributed by atoms with Crippen molar-refractivity contribution >= 4 is 42.1 Å². The Bertz CT molecular complexity index is 1120. The predicted molar refractivity (Wildman–Crippen MR) is 112 cm³/mol. The molecule has 7 N–H and O–H groups in total. The highest BCUT2D eigenvalue weighted by molar-refractivity contribution is 7.51. The van der Waals surface area contributed by atoms with Crippen LogP contribution in [0.5, 0.6) is 0 Å². The van der Waals surface area contributed by atoms with Gasteiger partial charge >= 0.3 is 7.60 Å². The van der Waals surface area contributed by atoms with Crippen LogP contribution < -0.4 is 21.7 Å². The molecule has 0 saturated carbocycles. The molecule has 1 amide bonds. The van der Waals surface area contributed by atoms with Crippen LogP contribution >= 0.6 is 7.60 Å². The fourth-order valence-corrected chi connectivity index (χ4v) is 3.08. The highest BCUT2D eigenvalue weighted by atomic mass is 31.2. The van der Waals surface area contributed by atoms with Crippen molar-refractivity contribution in [1.29, 1.82) is 0 Å². The van der Waals surface area contributed by atoms with Crippen LogP contribution in [0.4, 0.5) is 17.5 Å². The van der Waals surface area contributed by atoms with Crippen LogP contribution in [0.15, 0.2) is 30.5 Å². The Morgan fingerprint density at radius 3 is 2.53 bits per heavy atom. The molecule has 13 heteroatoms. The number of rotatable bonds is 7. The molecule has 0 aliphatic heterocycles. The number of nitrogens with zero attached hydrogens (tertiary/aromatic N) is 5. The van der Waals surface area contributed by atoms with E-state index >= 15 is 0 Å². The van der Waals surface area contributed by atoms with E-state index in [-0.39, 0.29) is 18.3 Å². The van der Waals surface area contributed by atoms with E-state index in [9.17, 15) is 9.36 Å². The maximum absolute atomic E-state index is 12.1. The van der Waals surface area contributed by atoms with Gasteiger partial charge in [0.1, 0.15) is 0 Å². The third-order valence-corrected chi connectivity index (χ3v) is 4.97. The van der Waals surface area contributed by atoms with Crippen LogP contribution in [0.3, 0.4) is 0 Å². The average molecular weight is 432 g/mol. The van der Waals surface area contributed by atoms with Crippen molar-refractivity contribution in [2.75, 3.05) is 36.1 Å². The number of nitrogen functional groups attached to an aromatic ring is 2. The van der Waals surface area contributed by atoms with Gasteiger partial charge in [0.2, 0.25) is 5.95 Å². The molecule has 158 valence electrons. The molecule has 3 rings (SSSR count). The van der Waals surface area contributed by atoms with Gasteiger partial charge in [-0.2, -0.15) is 9.97 Å². The summed E-state index contributed by atoms with van der Waals surface area (Å²) in [6, 6.07) is 6.76. The van der Waals surface area contributed by atoms with Crippen LogP contribution in [0.25, 0.3) is 11.2 Å². The van der Waals surface area contributed by atoms with E-state index in [0.29, 0.717) is 29.0 Å². The van der Waals surface area contributed by atoms with E-state index in [1.807, 2.05) is 11.9 Å². The maximum atomic E-state index is 12.1. The molecule has 1 aromatic carbocycles. The first kappa shape index (κ1) is 21.4. The minimum atomic E-state index is -4.14. The minimum absolute atomic E-state index is 0.0324. The van der Waals surface area contributed by atoms with Crippen LogP contribution in [0.2, 0.25) is 0 Å². The monoisotopic (exact) mass is 432 g/mol. The molecular formula is C17H21N8O4P. The van der Waals surface area contributed by atoms with Crippen molar-refractivity contribution in [3.05, 3.63) is 41.7 Å². The summed E-state index contributed by atoms with van der Waals surface area (Å²) >= 11 is 0. The van der Waals surface area contributed by atoms with Crippen LogP contribution in [-0.2, 0) is 11.1 Å². The Morgan fingerprint density at radius 2 is 1.87 bits per heavy atom. The molecule has 0 aliphatic carbocycles. The van der Waals surface area contributed by atoms with E-state index in [2.05, 4.69) is 25.3 Å². The summed E-state index contributed by atoms with van der Waals surface area (Å²) in [5.74, 6) is -0.221. The van der Waals surface area contributed by atoms with E-state index in [1.54, 1.807) is 30.5 Å². The number of fused-ring (bicyclic) bond motifs is 1. The van der Waals surface area contributed by atoms with Crippen molar-refractivity contribution in [1.82, 2.24) is 25.3 Å². The smallest absolute Gasteiger partial charge is 0.327 e. The number of carbonyl (C=O) groups excluding carboxylic acids is 1. The highest BCUT2D eigenvalue weighted by Crippen LogP contribution is 2.32. The molecule has 0 bridgehead atoms. The number of hydrogen-bond acceptors (Lipinski definition) is 9. The second kappa shape index (κ2) is 8.57. The van der Waals surface area contributed by atoms with Crippen LogP contribution in [0, 0.1) is 0 Å². The fourth-order valence-electron chi connectivity index (χ4n) is 2.68. The Kier molecular flexibility index (Phi) is 6.11. The van der Waals surface area contributed by atoms with Crippen molar-refractivity contribution in [3.8, 4) is 0 Å². The lowest BCUT2D eigenvalue weighted by molar-refractivity contribution is 0.0956. The van der Waals surface area contributed by atoms with E-state index < -0.39 is 19.7 Å². The van der Waals surface area contributed by atoms with Gasteiger partial charge in [-0.25, -0.2) is 9.97 Å². The topological polar surface area (TPSA) is 193 Å². The van der Waals surface area contributed by atoms with Crippen molar-refractivity contribution < 1.29 is 19.1 Å². The second-order valence-corrected chi connectivity index (χ2v) is 8.32. The van der Waals surface area contributed by atoms with E-state index in [4.69, 9.17) is 21.3 Å². The first-order valence-electron chi connectivity index (χ1n) is 8.81. The lowest BCUT2D eigenvalue weighted by Gasteiger charge is -2.19. The summed E-state index contributed by atoms with van der Waals surface area (Å²) in [6.07, 6.45) is 1.17. The van der Waals surface area contributed by atoms with Gasteiger partial charge in [0.15, 0.2) is 17.0 Å². The normalized spacial score (nSPS) is 11.4. The molecule has 0 radical (unpaired) electrons. The minimum Gasteiger partial charge on any atom is -0.382 e. The standard InChI is InChI=1S/C17H21N8O4P/c1-25(9-11-8-21-15-13(22-11)14(18)23-17(19)24-15)12-4-2-10(3-5-12)16(26)20-6-7-30(27,28)29/h2-5,8H,6-7,9H2,1H3,(H,20,26)(H2,27,28,29)(H4,18,19,21,23,24). The Balaban J connectivity index is 1.66. The quantitative estimate of drug-likeness (QED) is 0.318. The van der Waals surface area contributed by atoms with Gasteiger partial charge < -0.3 is 31.5 Å². The molecule has 0 atom stereocenters. The lowest BCUT2D eigenvalue weighted by Crippen LogP contribution is -2.26. The summed E-state index contributed by atoms with van der Waals surface area (Å²) in [4.78, 5) is 48.2. The number of nitrogens with two attached hydrogens (primary N) is 2. The second-order valence-electron chi connectivity index (χ2n) is 6.55. The predicted octanol–water partition coefficient (Wildman–Crippen LogP) is 0.128. The molecule has 0 fully saturated rings. The molecule has 0 spiro atoms. The number of carbonyl (C=O) groups is 1. The highest BCUT2D eigenvalue weighted by Gasteiger charge is 2.14. The third-order valence-electron chi connectivity index (χ3n) is 4.16. The number of benzene rings is 1. The Hall–Kier alpha value is -3.34. The summed E-state index contributed by atoms with van der Waals surface area (Å²) in [5, 5.41) is 2.47. The largest absolute Gasteiger partial charge is 0.382 e. The van der Waals surface area contributed by atoms with Gasteiger partial charge in [0.05, 0.1) is 24.6 Å². The molecule has 2 aromatic heterocycles. The number of nitrogens with one attached hydrogen (secondary N) is 1. The average Bonchev–Trinajstić information content (AvgIpc) is 2.67. The van der Waals surface area contributed by atoms with E-state index in [0.717, 1.165) is 5.69 Å². The molecule has 2 heterocycles. The van der Waals surface area contributed by atoms with Gasteiger partial charge in [-0.3, -0.25) is 9.36 Å². The zero-order valence-corrected chi connectivity index (χ0v) is 17.0. The molecule has 0 saturated heterocycles. The number of hydrogen-bond donors (Lipinski definition) is 5. The molecule has 3 aromatic rings. The van der Waals surface area contributed by atoms with E-state index in [1.165, 1.54) is 0 Å². The summed E-state index contributed by atoms with van der Waals surface area (Å²) < 4.78 is 10.8. The fraction of sp³-hybridized carbons (Fsp3) is 0.235. The maximum Gasteiger partial charge on any atom is 0.327 e. The first-order chi connectivity index (χ1) is 14.1. The molecule has 0 unspecified atom stereocenters. The van der Waals surface area contributed by atoms with Gasteiger partial charge in [-0.15, -0.1) is 0 Å². The zero-order chi connectivity index (χ0) is 21.9. The van der Waals surface area contributed by atoms with Crippen molar-refractivity contribution in [2.24, 2.45) is 0 Å². The third kappa shape index (κ3) is 5.38.